The molecule has 0 N–H and O–H groups in total. The Bertz CT molecular complexity index is 901. The van der Waals surface area contributed by atoms with Gasteiger partial charge in [-0.05, 0) is 26.0 Å². The van der Waals surface area contributed by atoms with Crippen molar-refractivity contribution >= 4 is 34.2 Å². The topological polar surface area (TPSA) is 63.4 Å². The van der Waals surface area contributed by atoms with Crippen LogP contribution in [0.4, 0.5) is 0 Å². The Morgan fingerprint density at radius 2 is 1.92 bits per heavy atom. The van der Waals surface area contributed by atoms with Crippen LogP contribution in [-0.4, -0.2) is 49.2 Å². The highest BCUT2D eigenvalue weighted by atomic mass is 32.2. The van der Waals surface area contributed by atoms with Gasteiger partial charge in [-0.15, -0.1) is 10.2 Å². The fraction of sp³-hybridized carbons (Fsp3) is 0.444. The van der Waals surface area contributed by atoms with Crippen LogP contribution in [0.2, 0.25) is 0 Å². The van der Waals surface area contributed by atoms with Gasteiger partial charge in [0, 0.05) is 24.4 Å². The second kappa shape index (κ2) is 7.39. The minimum absolute atomic E-state index is 0.117. The van der Waals surface area contributed by atoms with Crippen LogP contribution in [0, 0.1) is 0 Å². The van der Waals surface area contributed by atoms with Gasteiger partial charge < -0.3 is 4.90 Å². The van der Waals surface area contributed by atoms with Gasteiger partial charge in [-0.2, -0.15) is 0 Å². The van der Waals surface area contributed by atoms with Gasteiger partial charge in [-0.3, -0.25) is 9.20 Å². The Kier molecular flexibility index (Phi) is 5.22. The van der Waals surface area contributed by atoms with Crippen molar-refractivity contribution in [1.82, 2.24) is 24.5 Å². The molecule has 6 nitrogen and oxygen atoms in total. The molecule has 25 heavy (non-hydrogen) atoms. The average Bonchev–Trinajstić information content (AvgIpc) is 3.04. The maximum Gasteiger partial charge on any atom is 0.233 e. The van der Waals surface area contributed by atoms with Gasteiger partial charge >= 0.3 is 0 Å². The lowest BCUT2D eigenvalue weighted by Crippen LogP contribution is -2.31. The lowest BCUT2D eigenvalue weighted by Gasteiger charge is -2.18. The van der Waals surface area contributed by atoms with Crippen LogP contribution < -0.4 is 0 Å². The summed E-state index contributed by atoms with van der Waals surface area (Å²) >= 11 is 1.42. The van der Waals surface area contributed by atoms with Crippen molar-refractivity contribution in [3.63, 3.8) is 0 Å². The standard InChI is InChI=1S/C18H23N5OS/c1-5-22(6-2)15(24)11-25-18-21-20-17-13-9-7-8-10-14(13)19-16(12(3)4)23(17)18/h7-10,12H,5-6,11H2,1-4H3. The summed E-state index contributed by atoms with van der Waals surface area (Å²) in [4.78, 5) is 18.9. The summed E-state index contributed by atoms with van der Waals surface area (Å²) in [5.74, 6) is 1.61. The van der Waals surface area contributed by atoms with E-state index in [4.69, 9.17) is 4.98 Å². The summed E-state index contributed by atoms with van der Waals surface area (Å²) < 4.78 is 1.99. The van der Waals surface area contributed by atoms with E-state index in [-0.39, 0.29) is 11.8 Å². The van der Waals surface area contributed by atoms with Crippen molar-refractivity contribution in [1.29, 1.82) is 0 Å². The van der Waals surface area contributed by atoms with E-state index in [1.807, 2.05) is 47.4 Å². The molecule has 0 fully saturated rings. The highest BCUT2D eigenvalue weighted by molar-refractivity contribution is 7.99. The first-order valence-corrected chi connectivity index (χ1v) is 9.59. The second-order valence-electron chi connectivity index (χ2n) is 6.14. The first-order chi connectivity index (χ1) is 12.1. The Hall–Kier alpha value is -2.15. The molecule has 0 unspecified atom stereocenters. The Labute approximate surface area is 151 Å². The SMILES string of the molecule is CCN(CC)C(=O)CSc1nnc2c3ccccc3nc(C(C)C)n12. The zero-order chi connectivity index (χ0) is 18.0. The molecule has 0 spiro atoms. The van der Waals surface area contributed by atoms with E-state index in [1.54, 1.807) is 0 Å². The molecule has 3 rings (SSSR count). The van der Waals surface area contributed by atoms with Crippen LogP contribution in [0.5, 0.6) is 0 Å². The summed E-state index contributed by atoms with van der Waals surface area (Å²) in [5, 5.41) is 10.4. The van der Waals surface area contributed by atoms with Gasteiger partial charge in [0.1, 0.15) is 5.82 Å². The molecule has 2 aromatic heterocycles. The van der Waals surface area contributed by atoms with Gasteiger partial charge in [0.05, 0.1) is 11.3 Å². The second-order valence-corrected chi connectivity index (χ2v) is 7.08. The number of carbonyl (C=O) groups is 1. The van der Waals surface area contributed by atoms with E-state index in [9.17, 15) is 4.79 Å². The van der Waals surface area contributed by atoms with E-state index in [1.165, 1.54) is 11.8 Å². The van der Waals surface area contributed by atoms with Crippen molar-refractivity contribution in [3.05, 3.63) is 30.1 Å². The molecule has 0 aliphatic heterocycles. The number of para-hydroxylation sites is 1. The van der Waals surface area contributed by atoms with Gasteiger partial charge in [0.2, 0.25) is 5.91 Å². The molecule has 7 heteroatoms. The molecule has 0 bridgehead atoms. The van der Waals surface area contributed by atoms with Crippen molar-refractivity contribution in [2.75, 3.05) is 18.8 Å². The number of benzene rings is 1. The predicted octanol–water partition coefficient (Wildman–Crippen LogP) is 3.36. The fourth-order valence-corrected chi connectivity index (χ4v) is 3.70. The minimum atomic E-state index is 0.117. The highest BCUT2D eigenvalue weighted by Gasteiger charge is 2.19. The maximum atomic E-state index is 12.3. The van der Waals surface area contributed by atoms with E-state index >= 15 is 0 Å². The molecule has 3 aromatic rings. The van der Waals surface area contributed by atoms with E-state index < -0.39 is 0 Å². The highest BCUT2D eigenvalue weighted by Crippen LogP contribution is 2.27. The molecule has 2 heterocycles. The zero-order valence-corrected chi connectivity index (χ0v) is 15.9. The van der Waals surface area contributed by atoms with Gasteiger partial charge in [-0.1, -0.05) is 37.7 Å². The molecule has 0 radical (unpaired) electrons. The molecule has 0 aliphatic carbocycles. The van der Waals surface area contributed by atoms with Crippen LogP contribution in [0.25, 0.3) is 16.6 Å². The minimum Gasteiger partial charge on any atom is -0.343 e. The first-order valence-electron chi connectivity index (χ1n) is 8.61. The molecule has 0 aliphatic rings. The maximum absolute atomic E-state index is 12.3. The number of hydrogen-bond donors (Lipinski definition) is 0. The molecule has 1 aromatic carbocycles. The van der Waals surface area contributed by atoms with Gasteiger partial charge in [0.25, 0.3) is 0 Å². The van der Waals surface area contributed by atoms with Crippen LogP contribution in [-0.2, 0) is 4.79 Å². The first kappa shape index (κ1) is 17.7. The van der Waals surface area contributed by atoms with Crippen molar-refractivity contribution in [2.45, 2.75) is 38.8 Å². The van der Waals surface area contributed by atoms with Crippen molar-refractivity contribution < 1.29 is 4.79 Å². The molecule has 0 atom stereocenters. The van der Waals surface area contributed by atoms with E-state index in [0.717, 1.165) is 40.6 Å². The van der Waals surface area contributed by atoms with Gasteiger partial charge in [0.15, 0.2) is 10.8 Å². The molecular weight excluding hydrogens is 334 g/mol. The summed E-state index contributed by atoms with van der Waals surface area (Å²) in [6.07, 6.45) is 0. The van der Waals surface area contributed by atoms with Crippen molar-refractivity contribution in [2.24, 2.45) is 0 Å². The van der Waals surface area contributed by atoms with E-state index in [2.05, 4.69) is 24.0 Å². The van der Waals surface area contributed by atoms with Crippen LogP contribution in [0.15, 0.2) is 29.4 Å². The number of nitrogens with zero attached hydrogens (tertiary/aromatic N) is 5. The third kappa shape index (κ3) is 3.33. The Balaban J connectivity index is 2.02. The van der Waals surface area contributed by atoms with Gasteiger partial charge in [-0.25, -0.2) is 4.98 Å². The number of fused-ring (bicyclic) bond motifs is 3. The largest absolute Gasteiger partial charge is 0.343 e. The molecule has 0 saturated heterocycles. The normalized spacial score (nSPS) is 11.6. The quantitative estimate of drug-likeness (QED) is 0.633. The molecule has 132 valence electrons. The molecule has 0 saturated carbocycles. The lowest BCUT2D eigenvalue weighted by molar-refractivity contribution is -0.127. The zero-order valence-electron chi connectivity index (χ0n) is 15.1. The summed E-state index contributed by atoms with van der Waals surface area (Å²) in [5.41, 5.74) is 1.72. The molecule has 1 amide bonds. The van der Waals surface area contributed by atoms with Crippen molar-refractivity contribution in [3.8, 4) is 0 Å². The number of aromatic nitrogens is 4. The molecular formula is C18H23N5OS. The third-order valence-electron chi connectivity index (χ3n) is 4.20. The van der Waals surface area contributed by atoms with E-state index in [0.29, 0.717) is 5.75 Å². The summed E-state index contributed by atoms with van der Waals surface area (Å²) in [6.45, 7) is 9.63. The number of thioether (sulfide) groups is 1. The van der Waals surface area contributed by atoms with Crippen LogP contribution in [0.1, 0.15) is 39.4 Å². The monoisotopic (exact) mass is 357 g/mol. The van der Waals surface area contributed by atoms with Crippen LogP contribution in [0.3, 0.4) is 0 Å². The number of carbonyl (C=O) groups excluding carboxylic acids is 1. The fourth-order valence-electron chi connectivity index (χ4n) is 2.86. The number of rotatable bonds is 6. The summed E-state index contributed by atoms with van der Waals surface area (Å²) in [6, 6.07) is 7.95. The van der Waals surface area contributed by atoms with Crippen LogP contribution >= 0.6 is 11.8 Å². The lowest BCUT2D eigenvalue weighted by atomic mass is 10.2. The Morgan fingerprint density at radius 3 is 2.60 bits per heavy atom. The summed E-state index contributed by atoms with van der Waals surface area (Å²) in [7, 11) is 0. The smallest absolute Gasteiger partial charge is 0.233 e. The number of hydrogen-bond acceptors (Lipinski definition) is 5. The Morgan fingerprint density at radius 1 is 1.20 bits per heavy atom. The average molecular weight is 357 g/mol. The number of amides is 1. The predicted molar refractivity (Wildman–Crippen MR) is 101 cm³/mol. The third-order valence-corrected chi connectivity index (χ3v) is 5.11.